The number of nitrogens with zero attached hydrogens (tertiary/aromatic N) is 1. The van der Waals surface area contributed by atoms with Gasteiger partial charge in [-0.25, -0.2) is 0 Å². The van der Waals surface area contributed by atoms with Crippen molar-refractivity contribution in [2.24, 2.45) is 0 Å². The number of likely N-dealkylation sites (tertiary alicyclic amines) is 1. The fraction of sp³-hybridized carbons (Fsp3) is 0.667. The molecule has 1 aliphatic heterocycles. The predicted molar refractivity (Wildman–Crippen MR) is 53.2 cm³/mol. The van der Waals surface area contributed by atoms with Crippen molar-refractivity contribution < 1.29 is 27.6 Å². The van der Waals surface area contributed by atoms with Crippen LogP contribution in [-0.2, 0) is 14.4 Å². The average Bonchev–Trinajstić information content (AvgIpc) is 2.44. The van der Waals surface area contributed by atoms with Gasteiger partial charge in [0.25, 0.3) is 5.91 Å². The van der Waals surface area contributed by atoms with E-state index in [1.165, 1.54) is 7.05 Å². The van der Waals surface area contributed by atoms with Gasteiger partial charge < -0.3 is 10.6 Å². The summed E-state index contributed by atoms with van der Waals surface area (Å²) >= 11 is 0. The molecule has 2 N–H and O–H groups in total. The number of alkyl halides is 3. The van der Waals surface area contributed by atoms with E-state index < -0.39 is 43.0 Å². The Balaban J connectivity index is 2.33. The van der Waals surface area contributed by atoms with Gasteiger partial charge in [-0.2, -0.15) is 13.2 Å². The first-order valence-electron chi connectivity index (χ1n) is 5.08. The van der Waals surface area contributed by atoms with Crippen LogP contribution in [0.2, 0.25) is 0 Å². The van der Waals surface area contributed by atoms with E-state index >= 15 is 0 Å². The highest BCUT2D eigenvalue weighted by Gasteiger charge is 2.36. The molecule has 0 spiro atoms. The van der Waals surface area contributed by atoms with Crippen LogP contribution in [0.5, 0.6) is 0 Å². The van der Waals surface area contributed by atoms with Crippen molar-refractivity contribution in [3.63, 3.8) is 0 Å². The fourth-order valence-corrected chi connectivity index (χ4v) is 1.43. The van der Waals surface area contributed by atoms with Crippen LogP contribution in [0.25, 0.3) is 0 Å². The van der Waals surface area contributed by atoms with E-state index in [2.05, 4.69) is 5.32 Å². The van der Waals surface area contributed by atoms with Crippen LogP contribution in [0, 0.1) is 0 Å². The number of imide groups is 1. The Hall–Kier alpha value is -1.64. The smallest absolute Gasteiger partial charge is 0.343 e. The Morgan fingerprint density at radius 1 is 1.44 bits per heavy atom. The molecule has 0 radical (unpaired) electrons. The molecule has 102 valence electrons. The number of halogens is 3. The largest absolute Gasteiger partial charge is 0.401 e. The van der Waals surface area contributed by atoms with E-state index in [4.69, 9.17) is 0 Å². The monoisotopic (exact) mass is 267 g/mol. The minimum Gasteiger partial charge on any atom is -0.343 e. The lowest BCUT2D eigenvalue weighted by molar-refractivity contribution is -0.138. The van der Waals surface area contributed by atoms with Gasteiger partial charge in [-0.1, -0.05) is 0 Å². The van der Waals surface area contributed by atoms with Crippen molar-refractivity contribution >= 4 is 17.7 Å². The topological polar surface area (TPSA) is 78.5 Å². The number of rotatable bonds is 4. The van der Waals surface area contributed by atoms with Crippen LogP contribution >= 0.6 is 0 Å². The molecular weight excluding hydrogens is 255 g/mol. The Morgan fingerprint density at radius 3 is 2.50 bits per heavy atom. The molecule has 0 aromatic rings. The number of carbonyl (C=O) groups is 3. The normalized spacial score (nSPS) is 20.4. The molecule has 0 bridgehead atoms. The van der Waals surface area contributed by atoms with E-state index in [-0.39, 0.29) is 6.42 Å². The molecule has 0 aromatic carbocycles. The fourth-order valence-electron chi connectivity index (χ4n) is 1.43. The summed E-state index contributed by atoms with van der Waals surface area (Å²) in [6.07, 6.45) is -4.57. The molecule has 1 fully saturated rings. The third kappa shape index (κ3) is 3.99. The van der Waals surface area contributed by atoms with Gasteiger partial charge in [0.15, 0.2) is 0 Å². The molecule has 1 atom stereocenters. The molecule has 1 heterocycles. The van der Waals surface area contributed by atoms with Crippen LogP contribution in [0.3, 0.4) is 0 Å². The lowest BCUT2D eigenvalue weighted by atomic mass is 10.2. The molecule has 6 nitrogen and oxygen atoms in total. The van der Waals surface area contributed by atoms with Crippen LogP contribution in [0.4, 0.5) is 13.2 Å². The first kappa shape index (κ1) is 14.4. The summed E-state index contributed by atoms with van der Waals surface area (Å²) in [5.74, 6) is -1.77. The Bertz CT molecular complexity index is 370. The molecule has 1 unspecified atom stereocenters. The number of amides is 3. The van der Waals surface area contributed by atoms with Crippen LogP contribution in [0.15, 0.2) is 0 Å². The Labute approximate surface area is 100 Å². The minimum absolute atomic E-state index is 0.166. The molecule has 0 aromatic heterocycles. The SMILES string of the molecule is CN1C(=O)CC(NC(=O)CNCC(F)(F)F)C1=O. The maximum absolute atomic E-state index is 11.8. The first-order chi connectivity index (χ1) is 8.20. The highest BCUT2D eigenvalue weighted by Crippen LogP contribution is 2.12. The third-order valence-corrected chi connectivity index (χ3v) is 2.33. The molecular formula is C9H12F3N3O3. The third-order valence-electron chi connectivity index (χ3n) is 2.33. The van der Waals surface area contributed by atoms with Crippen LogP contribution in [0.1, 0.15) is 6.42 Å². The van der Waals surface area contributed by atoms with Crippen LogP contribution < -0.4 is 10.6 Å². The standard InChI is InChI=1S/C9H12F3N3O3/c1-15-7(17)2-5(8(15)18)14-6(16)3-13-4-9(10,11)12/h5,13H,2-4H2,1H3,(H,14,16). The van der Waals surface area contributed by atoms with Gasteiger partial charge >= 0.3 is 6.18 Å². The zero-order valence-corrected chi connectivity index (χ0v) is 9.50. The molecule has 9 heteroatoms. The number of carbonyl (C=O) groups excluding carboxylic acids is 3. The first-order valence-corrected chi connectivity index (χ1v) is 5.08. The molecule has 0 saturated carbocycles. The van der Waals surface area contributed by atoms with Crippen molar-refractivity contribution in [2.75, 3.05) is 20.1 Å². The van der Waals surface area contributed by atoms with Crippen molar-refractivity contribution in [3.05, 3.63) is 0 Å². The van der Waals surface area contributed by atoms with Gasteiger partial charge in [0.1, 0.15) is 6.04 Å². The summed E-state index contributed by atoms with van der Waals surface area (Å²) in [6, 6.07) is -0.984. The molecule has 0 aliphatic carbocycles. The van der Waals surface area contributed by atoms with Crippen molar-refractivity contribution in [2.45, 2.75) is 18.6 Å². The lowest BCUT2D eigenvalue weighted by Crippen LogP contribution is -2.45. The van der Waals surface area contributed by atoms with Gasteiger partial charge in [-0.15, -0.1) is 0 Å². The van der Waals surface area contributed by atoms with Crippen molar-refractivity contribution in [3.8, 4) is 0 Å². The second-order valence-corrected chi connectivity index (χ2v) is 3.83. The van der Waals surface area contributed by atoms with E-state index in [0.29, 0.717) is 0 Å². The van der Waals surface area contributed by atoms with Crippen molar-refractivity contribution in [1.29, 1.82) is 0 Å². The van der Waals surface area contributed by atoms with Gasteiger partial charge in [0.2, 0.25) is 11.8 Å². The zero-order chi connectivity index (χ0) is 13.9. The Morgan fingerprint density at radius 2 is 2.06 bits per heavy atom. The van der Waals surface area contributed by atoms with E-state index in [9.17, 15) is 27.6 Å². The number of likely N-dealkylation sites (N-methyl/N-ethyl adjacent to an activating group) is 1. The van der Waals surface area contributed by atoms with E-state index in [1.807, 2.05) is 5.32 Å². The van der Waals surface area contributed by atoms with Crippen molar-refractivity contribution in [1.82, 2.24) is 15.5 Å². The van der Waals surface area contributed by atoms with Gasteiger partial charge in [0, 0.05) is 7.05 Å². The summed E-state index contributed by atoms with van der Waals surface area (Å²) < 4.78 is 35.3. The predicted octanol–water partition coefficient (Wildman–Crippen LogP) is -0.988. The molecule has 18 heavy (non-hydrogen) atoms. The van der Waals surface area contributed by atoms with E-state index in [1.54, 1.807) is 0 Å². The van der Waals surface area contributed by atoms with E-state index in [0.717, 1.165) is 4.90 Å². The Kier molecular flexibility index (Phi) is 4.28. The van der Waals surface area contributed by atoms with Crippen LogP contribution in [-0.4, -0.2) is 55.0 Å². The minimum atomic E-state index is -4.40. The molecule has 3 amide bonds. The van der Waals surface area contributed by atoms with Gasteiger partial charge in [-0.3, -0.25) is 19.3 Å². The number of nitrogens with one attached hydrogen (secondary N) is 2. The number of hydrogen-bond donors (Lipinski definition) is 2. The highest BCUT2D eigenvalue weighted by atomic mass is 19.4. The molecule has 1 aliphatic rings. The summed E-state index contributed by atoms with van der Waals surface area (Å²) in [6.45, 7) is -1.86. The molecule has 1 rings (SSSR count). The average molecular weight is 267 g/mol. The second-order valence-electron chi connectivity index (χ2n) is 3.83. The summed E-state index contributed by atoms with van der Waals surface area (Å²) in [7, 11) is 1.28. The lowest BCUT2D eigenvalue weighted by Gasteiger charge is -2.12. The van der Waals surface area contributed by atoms with Gasteiger partial charge in [-0.05, 0) is 0 Å². The zero-order valence-electron chi connectivity index (χ0n) is 9.50. The second kappa shape index (κ2) is 5.34. The highest BCUT2D eigenvalue weighted by molar-refractivity contribution is 6.06. The summed E-state index contributed by atoms with van der Waals surface area (Å²) in [5, 5.41) is 4.08. The number of hydrogen-bond acceptors (Lipinski definition) is 4. The summed E-state index contributed by atoms with van der Waals surface area (Å²) in [5.41, 5.74) is 0. The summed E-state index contributed by atoms with van der Waals surface area (Å²) in [4.78, 5) is 34.6. The molecule has 1 saturated heterocycles. The van der Waals surface area contributed by atoms with Gasteiger partial charge in [0.05, 0.1) is 19.5 Å². The quantitative estimate of drug-likeness (QED) is 0.641. The maximum atomic E-state index is 11.8. The maximum Gasteiger partial charge on any atom is 0.401 e.